The van der Waals surface area contributed by atoms with E-state index in [1.165, 1.54) is 5.69 Å². The van der Waals surface area contributed by atoms with Crippen molar-refractivity contribution < 1.29 is 4.79 Å². The molecule has 2 fully saturated rings. The second-order valence-electron chi connectivity index (χ2n) is 6.92. The van der Waals surface area contributed by atoms with Crippen molar-refractivity contribution in [1.29, 1.82) is 0 Å². The Morgan fingerprint density at radius 3 is 2.64 bits per heavy atom. The number of nitrogens with one attached hydrogen (secondary N) is 1. The summed E-state index contributed by atoms with van der Waals surface area (Å²) in [5, 5.41) is 7.48. The first-order valence-electron chi connectivity index (χ1n) is 8.78. The standard InChI is InChI=1S/C20H22N4O/c1-21-18-5-7-19(8-6-18)23-12-17(13-23)4-3-16-11-22-24(14-16)20(15-25)9-2-10-20/h5-8,11,14-15,17,21H,2,9-10,12-13H2,1H3. The maximum atomic E-state index is 11.3. The van der Waals surface area contributed by atoms with Crippen LogP contribution < -0.4 is 10.2 Å². The SMILES string of the molecule is CNc1ccc(N2CC(C#Cc3cnn(C4(C=O)CCC4)c3)C2)cc1. The Kier molecular flexibility index (Phi) is 3.96. The summed E-state index contributed by atoms with van der Waals surface area (Å²) in [7, 11) is 1.92. The number of hydrogen-bond acceptors (Lipinski definition) is 4. The lowest BCUT2D eigenvalue weighted by molar-refractivity contribution is -0.119. The van der Waals surface area contributed by atoms with Crippen molar-refractivity contribution in [3.8, 4) is 11.8 Å². The van der Waals surface area contributed by atoms with E-state index in [2.05, 4.69) is 51.4 Å². The molecule has 25 heavy (non-hydrogen) atoms. The van der Waals surface area contributed by atoms with Gasteiger partial charge in [-0.05, 0) is 43.5 Å². The van der Waals surface area contributed by atoms with Gasteiger partial charge >= 0.3 is 0 Å². The fourth-order valence-corrected chi connectivity index (χ4v) is 3.38. The fraction of sp³-hybridized carbons (Fsp3) is 0.400. The molecule has 5 nitrogen and oxygen atoms in total. The van der Waals surface area contributed by atoms with Crippen LogP contribution >= 0.6 is 0 Å². The van der Waals surface area contributed by atoms with Crippen molar-refractivity contribution in [1.82, 2.24) is 9.78 Å². The number of anilines is 2. The van der Waals surface area contributed by atoms with Crippen LogP contribution in [0.15, 0.2) is 36.7 Å². The van der Waals surface area contributed by atoms with Crippen LogP contribution in [0, 0.1) is 17.8 Å². The van der Waals surface area contributed by atoms with E-state index >= 15 is 0 Å². The molecule has 1 aliphatic heterocycles. The van der Waals surface area contributed by atoms with Gasteiger partial charge < -0.3 is 15.0 Å². The highest BCUT2D eigenvalue weighted by atomic mass is 16.1. The van der Waals surface area contributed by atoms with Crippen LogP contribution in [-0.4, -0.2) is 36.2 Å². The Balaban J connectivity index is 1.36. The van der Waals surface area contributed by atoms with Gasteiger partial charge in [0.15, 0.2) is 0 Å². The molecule has 1 aliphatic carbocycles. The van der Waals surface area contributed by atoms with E-state index in [0.29, 0.717) is 5.92 Å². The van der Waals surface area contributed by atoms with E-state index in [-0.39, 0.29) is 0 Å². The molecule has 2 aliphatic rings. The molecule has 1 N–H and O–H groups in total. The van der Waals surface area contributed by atoms with Gasteiger partial charge in [0, 0.05) is 37.7 Å². The zero-order valence-corrected chi connectivity index (χ0v) is 14.4. The van der Waals surface area contributed by atoms with Crippen LogP contribution in [0.2, 0.25) is 0 Å². The molecule has 0 amide bonds. The summed E-state index contributed by atoms with van der Waals surface area (Å²) in [6, 6.07) is 8.45. The van der Waals surface area contributed by atoms with Gasteiger partial charge in [-0.1, -0.05) is 11.8 Å². The Morgan fingerprint density at radius 1 is 1.28 bits per heavy atom. The smallest absolute Gasteiger partial charge is 0.147 e. The van der Waals surface area contributed by atoms with Crippen LogP contribution in [0.4, 0.5) is 11.4 Å². The van der Waals surface area contributed by atoms with Crippen LogP contribution in [0.5, 0.6) is 0 Å². The predicted molar refractivity (Wildman–Crippen MR) is 98.7 cm³/mol. The summed E-state index contributed by atoms with van der Waals surface area (Å²) < 4.78 is 1.80. The normalized spacial score (nSPS) is 18.5. The van der Waals surface area contributed by atoms with Gasteiger partial charge in [-0.25, -0.2) is 0 Å². The van der Waals surface area contributed by atoms with Gasteiger partial charge in [-0.3, -0.25) is 4.68 Å². The maximum absolute atomic E-state index is 11.3. The minimum absolute atomic E-state index is 0.385. The molecule has 0 atom stereocenters. The van der Waals surface area contributed by atoms with Crippen molar-refractivity contribution in [2.75, 3.05) is 30.4 Å². The van der Waals surface area contributed by atoms with Crippen LogP contribution in [0.3, 0.4) is 0 Å². The lowest BCUT2D eigenvalue weighted by Gasteiger charge is -2.38. The average Bonchev–Trinajstić information content (AvgIpc) is 3.03. The number of nitrogens with zero attached hydrogens (tertiary/aromatic N) is 3. The summed E-state index contributed by atoms with van der Waals surface area (Å²) in [4.78, 5) is 13.7. The lowest BCUT2D eigenvalue weighted by Crippen LogP contribution is -2.46. The molecular weight excluding hydrogens is 312 g/mol. The highest BCUT2D eigenvalue weighted by Crippen LogP contribution is 2.36. The third-order valence-electron chi connectivity index (χ3n) is 5.30. The lowest BCUT2D eigenvalue weighted by atomic mass is 9.78. The van der Waals surface area contributed by atoms with E-state index in [0.717, 1.165) is 49.9 Å². The highest BCUT2D eigenvalue weighted by molar-refractivity contribution is 5.63. The van der Waals surface area contributed by atoms with Crippen LogP contribution in [-0.2, 0) is 10.3 Å². The number of rotatable bonds is 4. The summed E-state index contributed by atoms with van der Waals surface area (Å²) in [5.41, 5.74) is 2.84. The number of carbonyl (C=O) groups is 1. The molecule has 1 saturated heterocycles. The number of benzene rings is 1. The Labute approximate surface area is 148 Å². The van der Waals surface area contributed by atoms with Gasteiger partial charge in [0.1, 0.15) is 11.8 Å². The first-order chi connectivity index (χ1) is 12.2. The van der Waals surface area contributed by atoms with Crippen molar-refractivity contribution in [3.63, 3.8) is 0 Å². The number of carbonyl (C=O) groups excluding carboxylic acids is 1. The zero-order chi connectivity index (χ0) is 17.3. The highest BCUT2D eigenvalue weighted by Gasteiger charge is 2.39. The van der Waals surface area contributed by atoms with Crippen molar-refractivity contribution >= 4 is 17.7 Å². The van der Waals surface area contributed by atoms with Crippen LogP contribution in [0.1, 0.15) is 24.8 Å². The molecule has 0 spiro atoms. The first kappa shape index (κ1) is 15.8. The summed E-state index contributed by atoms with van der Waals surface area (Å²) >= 11 is 0. The van der Waals surface area contributed by atoms with Gasteiger partial charge in [-0.2, -0.15) is 5.10 Å². The summed E-state index contributed by atoms with van der Waals surface area (Å²) in [6.45, 7) is 1.91. The minimum Gasteiger partial charge on any atom is -0.388 e. The van der Waals surface area contributed by atoms with Crippen molar-refractivity contribution in [2.45, 2.75) is 24.8 Å². The molecule has 5 heteroatoms. The molecule has 2 aromatic rings. The van der Waals surface area contributed by atoms with E-state index in [9.17, 15) is 4.79 Å². The molecule has 128 valence electrons. The molecule has 1 aromatic carbocycles. The molecule has 0 unspecified atom stereocenters. The predicted octanol–water partition coefficient (Wildman–Crippen LogP) is 2.49. The fourth-order valence-electron chi connectivity index (χ4n) is 3.38. The molecule has 0 radical (unpaired) electrons. The second-order valence-corrected chi connectivity index (χ2v) is 6.92. The quantitative estimate of drug-likeness (QED) is 0.689. The maximum Gasteiger partial charge on any atom is 0.147 e. The number of aldehydes is 1. The minimum atomic E-state index is -0.410. The van der Waals surface area contributed by atoms with Crippen molar-refractivity contribution in [3.05, 3.63) is 42.2 Å². The third kappa shape index (κ3) is 2.89. The topological polar surface area (TPSA) is 50.2 Å². The van der Waals surface area contributed by atoms with Crippen LogP contribution in [0.25, 0.3) is 0 Å². The first-order valence-corrected chi connectivity index (χ1v) is 8.78. The number of hydrogen-bond donors (Lipinski definition) is 1. The van der Waals surface area contributed by atoms with E-state index in [1.54, 1.807) is 10.9 Å². The summed E-state index contributed by atoms with van der Waals surface area (Å²) in [6.07, 6.45) is 7.57. The molecule has 1 saturated carbocycles. The zero-order valence-electron chi connectivity index (χ0n) is 14.4. The second kappa shape index (κ2) is 6.29. The van der Waals surface area contributed by atoms with Gasteiger partial charge in [0.25, 0.3) is 0 Å². The van der Waals surface area contributed by atoms with Gasteiger partial charge in [0.2, 0.25) is 0 Å². The summed E-state index contributed by atoms with van der Waals surface area (Å²) in [5.74, 6) is 6.93. The molecule has 0 bridgehead atoms. The van der Waals surface area contributed by atoms with E-state index in [4.69, 9.17) is 0 Å². The third-order valence-corrected chi connectivity index (χ3v) is 5.30. The Hall–Kier alpha value is -2.74. The Morgan fingerprint density at radius 2 is 2.04 bits per heavy atom. The molecular formula is C20H22N4O. The van der Waals surface area contributed by atoms with Crippen molar-refractivity contribution in [2.24, 2.45) is 5.92 Å². The van der Waals surface area contributed by atoms with Gasteiger partial charge in [-0.15, -0.1) is 0 Å². The molecule has 1 aromatic heterocycles. The largest absolute Gasteiger partial charge is 0.388 e. The molecule has 2 heterocycles. The molecule has 4 rings (SSSR count). The average molecular weight is 334 g/mol. The Bertz CT molecular complexity index is 817. The number of aromatic nitrogens is 2. The van der Waals surface area contributed by atoms with E-state index in [1.807, 2.05) is 13.2 Å². The van der Waals surface area contributed by atoms with E-state index < -0.39 is 5.54 Å². The van der Waals surface area contributed by atoms with Gasteiger partial charge in [0.05, 0.1) is 17.7 Å². The monoisotopic (exact) mass is 334 g/mol.